The third-order valence-electron chi connectivity index (χ3n) is 2.31. The van der Waals surface area contributed by atoms with Gasteiger partial charge in [0.25, 0.3) is 0 Å². The van der Waals surface area contributed by atoms with Crippen molar-refractivity contribution in [3.63, 3.8) is 0 Å². The summed E-state index contributed by atoms with van der Waals surface area (Å²) in [7, 11) is 0. The highest BCUT2D eigenvalue weighted by atomic mass is 16.6. The first-order valence-corrected chi connectivity index (χ1v) is 6.76. The lowest BCUT2D eigenvalue weighted by atomic mass is 10.4. The van der Waals surface area contributed by atoms with E-state index in [-0.39, 0.29) is 0 Å². The Morgan fingerprint density at radius 2 is 1.35 bits per heavy atom. The molecule has 0 saturated carbocycles. The summed E-state index contributed by atoms with van der Waals surface area (Å²) >= 11 is 0. The van der Waals surface area contributed by atoms with Crippen LogP contribution in [0, 0.1) is 0 Å². The third kappa shape index (κ3) is 13.8. The van der Waals surface area contributed by atoms with E-state index in [1.54, 1.807) is 0 Å². The lowest BCUT2D eigenvalue weighted by molar-refractivity contribution is -0.104. The maximum absolute atomic E-state index is 9.12. The highest BCUT2D eigenvalue weighted by Crippen LogP contribution is 1.95. The fourth-order valence-corrected chi connectivity index (χ4v) is 1.21. The number of aliphatic hydroxyl groups excluding tert-OH is 1. The molecule has 104 valence electrons. The van der Waals surface area contributed by atoms with E-state index in [0.717, 1.165) is 39.1 Å². The van der Waals surface area contributed by atoms with E-state index in [1.807, 2.05) is 6.92 Å². The summed E-state index contributed by atoms with van der Waals surface area (Å²) in [5.41, 5.74) is 0. The van der Waals surface area contributed by atoms with Gasteiger partial charge in [-0.1, -0.05) is 20.3 Å². The Bertz CT molecular complexity index is 141. The Balaban J connectivity index is 2.94. The van der Waals surface area contributed by atoms with Gasteiger partial charge < -0.3 is 19.3 Å². The molecule has 1 atom stereocenters. The highest BCUT2D eigenvalue weighted by molar-refractivity contribution is 4.40. The number of unbranched alkanes of at least 4 members (excludes halogenated alkanes) is 1. The van der Waals surface area contributed by atoms with Gasteiger partial charge in [0.2, 0.25) is 0 Å². The van der Waals surface area contributed by atoms with E-state index in [4.69, 9.17) is 19.3 Å². The van der Waals surface area contributed by atoms with Crippen molar-refractivity contribution in [2.24, 2.45) is 0 Å². The molecule has 0 aliphatic heterocycles. The Kier molecular flexibility index (Phi) is 13.8. The Hall–Kier alpha value is -0.160. The maximum Gasteiger partial charge on any atom is 0.154 e. The van der Waals surface area contributed by atoms with E-state index < -0.39 is 6.29 Å². The Morgan fingerprint density at radius 3 is 1.88 bits per heavy atom. The van der Waals surface area contributed by atoms with Gasteiger partial charge >= 0.3 is 0 Å². The normalized spacial score (nSPS) is 12.9. The van der Waals surface area contributed by atoms with Crippen LogP contribution in [0.25, 0.3) is 0 Å². The molecule has 0 saturated heterocycles. The topological polar surface area (TPSA) is 47.9 Å². The standard InChI is InChI=1S/C13H28O4/c1-3-5-8-15-9-6-10-16-11-7-12-17-13(14)4-2/h13-14H,3-12H2,1-2H3. The quantitative estimate of drug-likeness (QED) is 0.401. The average Bonchev–Trinajstić information content (AvgIpc) is 2.35. The van der Waals surface area contributed by atoms with Gasteiger partial charge in [-0.05, 0) is 25.7 Å². The summed E-state index contributed by atoms with van der Waals surface area (Å²) in [6, 6.07) is 0. The summed E-state index contributed by atoms with van der Waals surface area (Å²) in [5.74, 6) is 0. The van der Waals surface area contributed by atoms with Crippen LogP contribution in [-0.2, 0) is 14.2 Å². The molecule has 0 aliphatic carbocycles. The van der Waals surface area contributed by atoms with Crippen LogP contribution in [0.3, 0.4) is 0 Å². The van der Waals surface area contributed by atoms with Gasteiger partial charge in [0, 0.05) is 26.4 Å². The molecular formula is C13H28O4. The summed E-state index contributed by atoms with van der Waals surface area (Å²) in [6.45, 7) is 7.67. The lowest BCUT2D eigenvalue weighted by Gasteiger charge is -2.09. The number of aliphatic hydroxyl groups is 1. The number of ether oxygens (including phenoxy) is 3. The first kappa shape index (κ1) is 16.8. The van der Waals surface area contributed by atoms with Gasteiger partial charge in [-0.25, -0.2) is 0 Å². The molecule has 0 heterocycles. The summed E-state index contributed by atoms with van der Waals surface area (Å²) in [6.07, 6.45) is 4.10. The van der Waals surface area contributed by atoms with Crippen molar-refractivity contribution >= 4 is 0 Å². The monoisotopic (exact) mass is 248 g/mol. The van der Waals surface area contributed by atoms with Gasteiger partial charge in [-0.2, -0.15) is 0 Å². The van der Waals surface area contributed by atoms with Crippen molar-refractivity contribution in [3.8, 4) is 0 Å². The molecule has 0 bridgehead atoms. The molecular weight excluding hydrogens is 220 g/mol. The minimum Gasteiger partial charge on any atom is -0.381 e. The summed E-state index contributed by atoms with van der Waals surface area (Å²) in [5, 5.41) is 9.12. The molecule has 0 aromatic carbocycles. The summed E-state index contributed by atoms with van der Waals surface area (Å²) < 4.78 is 15.9. The first-order valence-electron chi connectivity index (χ1n) is 6.76. The molecule has 0 radical (unpaired) electrons. The lowest BCUT2D eigenvalue weighted by Crippen LogP contribution is -2.12. The van der Waals surface area contributed by atoms with Crippen LogP contribution < -0.4 is 0 Å². The van der Waals surface area contributed by atoms with Gasteiger partial charge in [0.05, 0.1) is 6.61 Å². The molecule has 0 amide bonds. The van der Waals surface area contributed by atoms with Crippen LogP contribution in [0.2, 0.25) is 0 Å². The SMILES string of the molecule is CCCCOCCCOCCCOC(O)CC. The van der Waals surface area contributed by atoms with Crippen LogP contribution in [0.15, 0.2) is 0 Å². The Morgan fingerprint density at radius 1 is 0.824 bits per heavy atom. The van der Waals surface area contributed by atoms with Crippen molar-refractivity contribution < 1.29 is 19.3 Å². The molecule has 4 heteroatoms. The molecule has 0 aromatic rings. The van der Waals surface area contributed by atoms with Crippen LogP contribution in [-0.4, -0.2) is 44.4 Å². The molecule has 0 rings (SSSR count). The van der Waals surface area contributed by atoms with Crippen molar-refractivity contribution in [2.75, 3.05) is 33.0 Å². The fourth-order valence-electron chi connectivity index (χ4n) is 1.21. The smallest absolute Gasteiger partial charge is 0.154 e. The molecule has 0 aromatic heterocycles. The minimum atomic E-state index is -0.623. The number of rotatable bonds is 13. The zero-order valence-corrected chi connectivity index (χ0v) is 11.3. The Labute approximate surface area is 105 Å². The van der Waals surface area contributed by atoms with Crippen LogP contribution in [0.5, 0.6) is 0 Å². The van der Waals surface area contributed by atoms with Crippen molar-refractivity contribution in [1.29, 1.82) is 0 Å². The maximum atomic E-state index is 9.12. The third-order valence-corrected chi connectivity index (χ3v) is 2.31. The second kappa shape index (κ2) is 13.9. The molecule has 0 aliphatic rings. The predicted molar refractivity (Wildman–Crippen MR) is 68.0 cm³/mol. The second-order valence-corrected chi connectivity index (χ2v) is 4.02. The van der Waals surface area contributed by atoms with Gasteiger partial charge in [0.15, 0.2) is 6.29 Å². The van der Waals surface area contributed by atoms with E-state index in [0.29, 0.717) is 19.6 Å². The molecule has 0 fully saturated rings. The van der Waals surface area contributed by atoms with Crippen molar-refractivity contribution in [2.45, 2.75) is 52.2 Å². The van der Waals surface area contributed by atoms with Gasteiger partial charge in [-0.3, -0.25) is 0 Å². The summed E-state index contributed by atoms with van der Waals surface area (Å²) in [4.78, 5) is 0. The van der Waals surface area contributed by atoms with Crippen molar-refractivity contribution in [3.05, 3.63) is 0 Å². The second-order valence-electron chi connectivity index (χ2n) is 4.02. The predicted octanol–water partition coefficient (Wildman–Crippen LogP) is 2.34. The largest absolute Gasteiger partial charge is 0.381 e. The van der Waals surface area contributed by atoms with Crippen molar-refractivity contribution in [1.82, 2.24) is 0 Å². The van der Waals surface area contributed by atoms with Crippen LogP contribution in [0.1, 0.15) is 46.0 Å². The number of hydrogen-bond donors (Lipinski definition) is 1. The van der Waals surface area contributed by atoms with E-state index in [2.05, 4.69) is 6.92 Å². The molecule has 1 N–H and O–H groups in total. The minimum absolute atomic E-state index is 0.558. The highest BCUT2D eigenvalue weighted by Gasteiger charge is 1.98. The van der Waals surface area contributed by atoms with E-state index >= 15 is 0 Å². The number of hydrogen-bond acceptors (Lipinski definition) is 4. The van der Waals surface area contributed by atoms with Crippen LogP contribution in [0.4, 0.5) is 0 Å². The molecule has 17 heavy (non-hydrogen) atoms. The first-order chi connectivity index (χ1) is 8.31. The van der Waals surface area contributed by atoms with E-state index in [9.17, 15) is 0 Å². The zero-order valence-electron chi connectivity index (χ0n) is 11.3. The van der Waals surface area contributed by atoms with E-state index in [1.165, 1.54) is 6.42 Å². The molecule has 0 spiro atoms. The average molecular weight is 248 g/mol. The van der Waals surface area contributed by atoms with Gasteiger partial charge in [0.1, 0.15) is 0 Å². The molecule has 4 nitrogen and oxygen atoms in total. The zero-order chi connectivity index (χ0) is 12.8. The van der Waals surface area contributed by atoms with Crippen LogP contribution >= 0.6 is 0 Å². The fraction of sp³-hybridized carbons (Fsp3) is 1.00. The van der Waals surface area contributed by atoms with Gasteiger partial charge in [-0.15, -0.1) is 0 Å². The molecule has 1 unspecified atom stereocenters.